The first-order valence-corrected chi connectivity index (χ1v) is 5.58. The van der Waals surface area contributed by atoms with E-state index in [4.69, 9.17) is 14.2 Å². The quantitative estimate of drug-likeness (QED) is 0.801. The summed E-state index contributed by atoms with van der Waals surface area (Å²) >= 11 is 0. The number of methoxy groups -OCH3 is 2. The Labute approximate surface area is 100 Å². The van der Waals surface area contributed by atoms with Gasteiger partial charge in [-0.25, -0.2) is 9.97 Å². The maximum absolute atomic E-state index is 5.30. The van der Waals surface area contributed by atoms with Crippen LogP contribution in [0.4, 0.5) is 0 Å². The molecule has 1 atom stereocenters. The Bertz CT molecular complexity index is 345. The van der Waals surface area contributed by atoms with Crippen molar-refractivity contribution in [3.63, 3.8) is 0 Å². The molecule has 1 aromatic rings. The van der Waals surface area contributed by atoms with Crippen LogP contribution in [0.25, 0.3) is 0 Å². The van der Waals surface area contributed by atoms with E-state index in [1.54, 1.807) is 14.2 Å². The molecule has 1 aliphatic heterocycles. The Balaban J connectivity index is 2.06. The third-order valence-corrected chi connectivity index (χ3v) is 2.75. The fourth-order valence-corrected chi connectivity index (χ4v) is 1.83. The maximum Gasteiger partial charge on any atom is 0.224 e. The third kappa shape index (κ3) is 2.83. The summed E-state index contributed by atoms with van der Waals surface area (Å²) in [6.45, 7) is 2.18. The Morgan fingerprint density at radius 2 is 2.06 bits per heavy atom. The second kappa shape index (κ2) is 5.79. The molecule has 0 aliphatic carbocycles. The van der Waals surface area contributed by atoms with Crippen molar-refractivity contribution in [1.82, 2.24) is 15.3 Å². The molecule has 0 radical (unpaired) electrons. The summed E-state index contributed by atoms with van der Waals surface area (Å²) in [6.07, 6.45) is 2.46. The van der Waals surface area contributed by atoms with Gasteiger partial charge < -0.3 is 19.5 Å². The summed E-state index contributed by atoms with van der Waals surface area (Å²) < 4.78 is 15.7. The zero-order chi connectivity index (χ0) is 12.1. The minimum Gasteiger partial charge on any atom is -0.481 e. The van der Waals surface area contributed by atoms with Crippen LogP contribution in [0.1, 0.15) is 12.0 Å². The summed E-state index contributed by atoms with van der Waals surface area (Å²) in [6, 6.07) is 0.379. The van der Waals surface area contributed by atoms with E-state index in [2.05, 4.69) is 15.3 Å². The molecule has 1 aliphatic rings. The first-order valence-electron chi connectivity index (χ1n) is 5.58. The highest BCUT2D eigenvalue weighted by molar-refractivity contribution is 5.34. The molecule has 17 heavy (non-hydrogen) atoms. The van der Waals surface area contributed by atoms with Gasteiger partial charge in [0.1, 0.15) is 6.33 Å². The van der Waals surface area contributed by atoms with Gasteiger partial charge in [-0.05, 0) is 6.42 Å². The second-order valence-electron chi connectivity index (χ2n) is 3.81. The van der Waals surface area contributed by atoms with Gasteiger partial charge in [0.25, 0.3) is 0 Å². The fraction of sp³-hybridized carbons (Fsp3) is 0.636. The third-order valence-electron chi connectivity index (χ3n) is 2.75. The molecule has 2 rings (SSSR count). The lowest BCUT2D eigenvalue weighted by molar-refractivity contribution is 0.189. The summed E-state index contributed by atoms with van der Waals surface area (Å²) in [5.41, 5.74) is 0.837. The molecule has 0 bridgehead atoms. The van der Waals surface area contributed by atoms with Gasteiger partial charge in [0.2, 0.25) is 11.8 Å². The van der Waals surface area contributed by atoms with Crippen molar-refractivity contribution < 1.29 is 14.2 Å². The van der Waals surface area contributed by atoms with Gasteiger partial charge in [-0.1, -0.05) is 0 Å². The van der Waals surface area contributed by atoms with E-state index in [-0.39, 0.29) is 0 Å². The molecule has 2 heterocycles. The molecular formula is C11H17N3O3. The normalized spacial score (nSPS) is 19.3. The summed E-state index contributed by atoms with van der Waals surface area (Å²) in [5, 5.41) is 3.38. The molecule has 94 valence electrons. The Hall–Kier alpha value is -1.40. The van der Waals surface area contributed by atoms with E-state index in [1.165, 1.54) is 6.33 Å². The molecule has 6 nitrogen and oxygen atoms in total. The van der Waals surface area contributed by atoms with E-state index in [1.807, 2.05) is 0 Å². The summed E-state index contributed by atoms with van der Waals surface area (Å²) in [7, 11) is 3.17. The van der Waals surface area contributed by atoms with Crippen LogP contribution in [0.2, 0.25) is 0 Å². The van der Waals surface area contributed by atoms with Gasteiger partial charge in [-0.15, -0.1) is 0 Å². The lowest BCUT2D eigenvalue weighted by atomic mass is 10.2. The van der Waals surface area contributed by atoms with E-state index >= 15 is 0 Å². The second-order valence-corrected chi connectivity index (χ2v) is 3.81. The van der Waals surface area contributed by atoms with E-state index < -0.39 is 0 Å². The Morgan fingerprint density at radius 1 is 1.35 bits per heavy atom. The van der Waals surface area contributed by atoms with Crippen LogP contribution in [-0.2, 0) is 11.3 Å². The van der Waals surface area contributed by atoms with Crippen molar-refractivity contribution in [2.75, 3.05) is 27.4 Å². The Morgan fingerprint density at radius 3 is 2.59 bits per heavy atom. The molecule has 1 aromatic heterocycles. The van der Waals surface area contributed by atoms with Crippen molar-refractivity contribution >= 4 is 0 Å². The predicted molar refractivity (Wildman–Crippen MR) is 61.2 cm³/mol. The molecule has 1 saturated heterocycles. The molecule has 6 heteroatoms. The van der Waals surface area contributed by atoms with E-state index in [9.17, 15) is 0 Å². The zero-order valence-corrected chi connectivity index (χ0v) is 10.1. The number of nitrogens with zero attached hydrogens (tertiary/aromatic N) is 2. The van der Waals surface area contributed by atoms with Crippen LogP contribution >= 0.6 is 0 Å². The monoisotopic (exact) mass is 239 g/mol. The largest absolute Gasteiger partial charge is 0.481 e. The molecule has 1 unspecified atom stereocenters. The maximum atomic E-state index is 5.30. The highest BCUT2D eigenvalue weighted by atomic mass is 16.5. The molecule has 0 amide bonds. The van der Waals surface area contributed by atoms with E-state index in [0.29, 0.717) is 24.3 Å². The lowest BCUT2D eigenvalue weighted by Crippen LogP contribution is -2.29. The van der Waals surface area contributed by atoms with Gasteiger partial charge in [0, 0.05) is 19.2 Å². The number of aromatic nitrogens is 2. The van der Waals surface area contributed by atoms with Gasteiger partial charge in [-0.3, -0.25) is 0 Å². The first kappa shape index (κ1) is 12.1. The van der Waals surface area contributed by atoms with Gasteiger partial charge in [0.15, 0.2) is 0 Å². The highest BCUT2D eigenvalue weighted by Gasteiger charge is 2.18. The van der Waals surface area contributed by atoms with Crippen molar-refractivity contribution in [3.8, 4) is 11.8 Å². The molecule has 0 spiro atoms. The number of rotatable bonds is 5. The molecular weight excluding hydrogens is 222 g/mol. The minimum absolute atomic E-state index is 0.379. The lowest BCUT2D eigenvalue weighted by Gasteiger charge is -2.14. The SMILES string of the molecule is COc1ncnc(OC)c1CNC1CCOC1. The van der Waals surface area contributed by atoms with Crippen molar-refractivity contribution in [1.29, 1.82) is 0 Å². The van der Waals surface area contributed by atoms with Crippen LogP contribution in [0.5, 0.6) is 11.8 Å². The van der Waals surface area contributed by atoms with Crippen molar-refractivity contribution in [2.24, 2.45) is 0 Å². The highest BCUT2D eigenvalue weighted by Crippen LogP contribution is 2.23. The topological polar surface area (TPSA) is 65.5 Å². The molecule has 0 aromatic carbocycles. The van der Waals surface area contributed by atoms with Crippen LogP contribution in [-0.4, -0.2) is 43.4 Å². The average Bonchev–Trinajstić information content (AvgIpc) is 2.88. The predicted octanol–water partition coefficient (Wildman–Crippen LogP) is 0.372. The van der Waals surface area contributed by atoms with Crippen LogP contribution in [0.15, 0.2) is 6.33 Å². The van der Waals surface area contributed by atoms with Crippen LogP contribution < -0.4 is 14.8 Å². The number of nitrogens with one attached hydrogen (secondary N) is 1. The van der Waals surface area contributed by atoms with Gasteiger partial charge >= 0.3 is 0 Å². The number of ether oxygens (including phenoxy) is 3. The number of hydrogen-bond donors (Lipinski definition) is 1. The zero-order valence-electron chi connectivity index (χ0n) is 10.1. The van der Waals surface area contributed by atoms with Gasteiger partial charge in [-0.2, -0.15) is 0 Å². The Kier molecular flexibility index (Phi) is 4.11. The standard InChI is InChI=1S/C11H17N3O3/c1-15-10-9(11(16-2)14-7-13-10)5-12-8-3-4-17-6-8/h7-8,12H,3-6H2,1-2H3. The van der Waals surface area contributed by atoms with Crippen molar-refractivity contribution in [3.05, 3.63) is 11.9 Å². The fourth-order valence-electron chi connectivity index (χ4n) is 1.83. The van der Waals surface area contributed by atoms with E-state index in [0.717, 1.165) is 25.2 Å². The van der Waals surface area contributed by atoms with Gasteiger partial charge in [0.05, 0.1) is 26.4 Å². The summed E-state index contributed by atoms with van der Waals surface area (Å²) in [4.78, 5) is 8.13. The first-order chi connectivity index (χ1) is 8.35. The average molecular weight is 239 g/mol. The summed E-state index contributed by atoms with van der Waals surface area (Å²) in [5.74, 6) is 1.09. The minimum atomic E-state index is 0.379. The van der Waals surface area contributed by atoms with Crippen molar-refractivity contribution in [2.45, 2.75) is 19.0 Å². The smallest absolute Gasteiger partial charge is 0.224 e. The molecule has 0 saturated carbocycles. The van der Waals surface area contributed by atoms with Crippen LogP contribution in [0.3, 0.4) is 0 Å². The molecule has 1 fully saturated rings. The van der Waals surface area contributed by atoms with Crippen LogP contribution in [0, 0.1) is 0 Å². The molecule has 1 N–H and O–H groups in total. The number of hydrogen-bond acceptors (Lipinski definition) is 6.